The van der Waals surface area contributed by atoms with Gasteiger partial charge < -0.3 is 30.9 Å². The van der Waals surface area contributed by atoms with E-state index < -0.39 is 28.8 Å². The predicted octanol–water partition coefficient (Wildman–Crippen LogP) is 4.66. The summed E-state index contributed by atoms with van der Waals surface area (Å²) in [5, 5.41) is 0. The number of quaternary nitrogens is 1. The minimum Gasteiger partial charge on any atom is -1.00 e. The summed E-state index contributed by atoms with van der Waals surface area (Å²) in [6.07, 6.45) is 0.742. The van der Waals surface area contributed by atoms with Crippen LogP contribution in [0.4, 0.5) is 17.6 Å². The Labute approximate surface area is 272 Å². The lowest BCUT2D eigenvalue weighted by Crippen LogP contribution is -3.00. The van der Waals surface area contributed by atoms with Crippen LogP contribution in [0.15, 0.2) is 97.1 Å². The second kappa shape index (κ2) is 11.6. The zero-order valence-electron chi connectivity index (χ0n) is 25.3. The Morgan fingerprint density at radius 2 is 0.778 bits per heavy atom. The fourth-order valence-corrected chi connectivity index (χ4v) is 8.44. The zero-order valence-corrected chi connectivity index (χ0v) is 26.9. The highest BCUT2D eigenvalue weighted by molar-refractivity contribution is 5.49. The maximum Gasteiger partial charge on any atom is 0.163 e. The number of halogens is 5. The molecule has 3 nitrogen and oxygen atoms in total. The SMILES string of the molecule is CC1(C)O[C@@H]2[C@@H](O1)C(c1ccc(F)cc1)(c1ccc(F)cc1)C[N+]1(CCCC1)CC2(c1ccc(F)cc1)c1ccc(F)cc1.[Br-]. The van der Waals surface area contributed by atoms with Gasteiger partial charge in [0.25, 0.3) is 0 Å². The largest absolute Gasteiger partial charge is 1.00 e. The van der Waals surface area contributed by atoms with Crippen molar-refractivity contribution in [2.24, 2.45) is 0 Å². The smallest absolute Gasteiger partial charge is 0.163 e. The Bertz CT molecular complexity index is 1430. The van der Waals surface area contributed by atoms with Gasteiger partial charge in [0.15, 0.2) is 5.79 Å². The molecule has 8 heteroatoms. The van der Waals surface area contributed by atoms with E-state index in [2.05, 4.69) is 0 Å². The molecule has 2 atom stereocenters. The third kappa shape index (κ3) is 5.33. The summed E-state index contributed by atoms with van der Waals surface area (Å²) in [7, 11) is 0. The summed E-state index contributed by atoms with van der Waals surface area (Å²) in [5.74, 6) is -2.44. The van der Waals surface area contributed by atoms with Crippen LogP contribution in [0.3, 0.4) is 0 Å². The van der Waals surface area contributed by atoms with Crippen LogP contribution in [0.25, 0.3) is 0 Å². The fourth-order valence-electron chi connectivity index (χ4n) is 8.44. The second-order valence-corrected chi connectivity index (χ2v) is 13.3. The van der Waals surface area contributed by atoms with Crippen LogP contribution in [-0.4, -0.2) is 48.7 Å². The van der Waals surface area contributed by atoms with Gasteiger partial charge in [-0.3, -0.25) is 0 Å². The first-order valence-electron chi connectivity index (χ1n) is 15.3. The van der Waals surface area contributed by atoms with Gasteiger partial charge in [-0.05, 0) is 84.6 Å². The molecule has 0 aliphatic carbocycles. The Morgan fingerprint density at radius 3 is 1.04 bits per heavy atom. The number of rotatable bonds is 4. The molecule has 45 heavy (non-hydrogen) atoms. The molecule has 3 aliphatic heterocycles. The summed E-state index contributed by atoms with van der Waals surface area (Å²) in [5.41, 5.74) is 1.62. The molecular formula is C37H36BrF4NO2. The topological polar surface area (TPSA) is 18.5 Å². The molecular weight excluding hydrogens is 646 g/mol. The molecule has 1 spiro atoms. The van der Waals surface area contributed by atoms with Crippen LogP contribution >= 0.6 is 0 Å². The Morgan fingerprint density at radius 1 is 0.511 bits per heavy atom. The van der Waals surface area contributed by atoms with Gasteiger partial charge in [0.2, 0.25) is 0 Å². The van der Waals surface area contributed by atoms with Crippen LogP contribution in [0.2, 0.25) is 0 Å². The van der Waals surface area contributed by atoms with Crippen LogP contribution in [0.5, 0.6) is 0 Å². The van der Waals surface area contributed by atoms with E-state index in [1.807, 2.05) is 13.8 Å². The molecule has 0 radical (unpaired) electrons. The Kier molecular flexibility index (Phi) is 8.26. The number of hydrogen-bond donors (Lipinski definition) is 0. The first-order chi connectivity index (χ1) is 21.1. The maximum atomic E-state index is 14.5. The normalized spacial score (nSPS) is 24.0. The number of nitrogens with zero attached hydrogens (tertiary/aromatic N) is 1. The van der Waals surface area contributed by atoms with Gasteiger partial charge in [-0.2, -0.15) is 0 Å². The quantitative estimate of drug-likeness (QED) is 0.231. The summed E-state index contributed by atoms with van der Waals surface area (Å²) in [6, 6.07) is 26.1. The fraction of sp³-hybridized carbons (Fsp3) is 0.351. The monoisotopic (exact) mass is 681 g/mol. The van der Waals surface area contributed by atoms with Crippen molar-refractivity contribution >= 4 is 0 Å². The van der Waals surface area contributed by atoms with Crippen LogP contribution < -0.4 is 17.0 Å². The van der Waals surface area contributed by atoms with E-state index in [0.717, 1.165) is 48.2 Å². The van der Waals surface area contributed by atoms with Crippen molar-refractivity contribution in [2.75, 3.05) is 26.2 Å². The molecule has 0 N–H and O–H groups in total. The van der Waals surface area contributed by atoms with Gasteiger partial charge in [0.05, 0.1) is 37.0 Å². The first kappa shape index (κ1) is 31.9. The third-order valence-corrected chi connectivity index (χ3v) is 10.2. The van der Waals surface area contributed by atoms with E-state index in [1.54, 1.807) is 48.5 Å². The molecule has 0 unspecified atom stereocenters. The lowest BCUT2D eigenvalue weighted by molar-refractivity contribution is -0.922. The van der Waals surface area contributed by atoms with Crippen molar-refractivity contribution in [3.8, 4) is 0 Å². The van der Waals surface area contributed by atoms with Crippen LogP contribution in [0.1, 0.15) is 48.9 Å². The number of hydrogen-bond acceptors (Lipinski definition) is 2. The van der Waals surface area contributed by atoms with E-state index in [-0.39, 0.29) is 40.3 Å². The van der Waals surface area contributed by atoms with Gasteiger partial charge in [0, 0.05) is 12.8 Å². The minimum atomic E-state index is -1.03. The number of fused-ring (bicyclic) bond motifs is 1. The standard InChI is InChI=1S/C37H36F4NO2.BrH/c1-35(2)43-33-34(44-35)37(27-9-17-31(40)18-10-27,28-11-19-32(41)20-12-28)24-42(21-3-4-22-42)23-36(33,25-5-13-29(38)14-6-25)26-7-15-30(39)16-8-26;/h5-20,33-34H,3-4,21-24H2,1-2H3;1H/q+1;/p-1/t33-,34-;/m1./s1. The van der Waals surface area contributed by atoms with E-state index in [0.29, 0.717) is 17.6 Å². The van der Waals surface area contributed by atoms with Crippen molar-refractivity contribution < 1.29 is 48.5 Å². The van der Waals surface area contributed by atoms with Gasteiger partial charge in [-0.25, -0.2) is 17.6 Å². The molecule has 0 saturated carbocycles. The Balaban J connectivity index is 0.00000357. The molecule has 4 aromatic carbocycles. The molecule has 7 rings (SSSR count). The van der Waals surface area contributed by atoms with Gasteiger partial charge >= 0.3 is 0 Å². The van der Waals surface area contributed by atoms with Crippen LogP contribution in [0, 0.1) is 23.3 Å². The molecule has 0 aromatic heterocycles. The highest BCUT2D eigenvalue weighted by Gasteiger charge is 2.68. The van der Waals surface area contributed by atoms with E-state index in [4.69, 9.17) is 9.47 Å². The average Bonchev–Trinajstić information content (AvgIpc) is 3.58. The summed E-state index contributed by atoms with van der Waals surface area (Å²) in [4.78, 5) is 0. The molecule has 3 fully saturated rings. The molecule has 3 aliphatic rings. The molecule has 0 bridgehead atoms. The van der Waals surface area contributed by atoms with Crippen molar-refractivity contribution in [1.82, 2.24) is 0 Å². The minimum absolute atomic E-state index is 0. The third-order valence-electron chi connectivity index (χ3n) is 10.2. The van der Waals surface area contributed by atoms with E-state index in [9.17, 15) is 17.6 Å². The van der Waals surface area contributed by atoms with E-state index in [1.165, 1.54) is 48.5 Å². The molecule has 3 saturated heterocycles. The summed E-state index contributed by atoms with van der Waals surface area (Å²) in [6.45, 7) is 6.68. The van der Waals surface area contributed by atoms with E-state index >= 15 is 0 Å². The highest BCUT2D eigenvalue weighted by atomic mass is 79.9. The number of benzene rings is 4. The van der Waals surface area contributed by atoms with Crippen molar-refractivity contribution in [3.63, 3.8) is 0 Å². The lowest BCUT2D eigenvalue weighted by atomic mass is 9.62. The summed E-state index contributed by atoms with van der Waals surface area (Å²) < 4.78 is 72.5. The van der Waals surface area contributed by atoms with Crippen molar-refractivity contribution in [3.05, 3.63) is 143 Å². The van der Waals surface area contributed by atoms with Crippen molar-refractivity contribution in [2.45, 2.75) is 55.5 Å². The molecule has 4 aromatic rings. The highest BCUT2D eigenvalue weighted by Crippen LogP contribution is 2.57. The van der Waals surface area contributed by atoms with Crippen LogP contribution in [-0.2, 0) is 20.3 Å². The molecule has 0 amide bonds. The zero-order chi connectivity index (χ0) is 30.7. The van der Waals surface area contributed by atoms with Gasteiger partial charge in [-0.1, -0.05) is 48.5 Å². The average molecular weight is 683 g/mol. The van der Waals surface area contributed by atoms with Crippen molar-refractivity contribution in [1.29, 1.82) is 0 Å². The molecule has 236 valence electrons. The van der Waals surface area contributed by atoms with Gasteiger partial charge in [0.1, 0.15) is 35.5 Å². The predicted molar refractivity (Wildman–Crippen MR) is 160 cm³/mol. The second-order valence-electron chi connectivity index (χ2n) is 13.3. The molecule has 3 heterocycles. The summed E-state index contributed by atoms with van der Waals surface area (Å²) >= 11 is 0. The number of ether oxygens (including phenoxy) is 2. The lowest BCUT2D eigenvalue weighted by Gasteiger charge is -2.46. The first-order valence-corrected chi connectivity index (χ1v) is 15.3. The Hall–Kier alpha value is -3.04. The maximum absolute atomic E-state index is 14.5. The van der Waals surface area contributed by atoms with Gasteiger partial charge in [-0.15, -0.1) is 0 Å².